The van der Waals surface area contributed by atoms with Crippen molar-refractivity contribution in [3.05, 3.63) is 47.5 Å². The maximum Gasteiger partial charge on any atom is 0.407 e. The molecule has 0 saturated heterocycles. The van der Waals surface area contributed by atoms with Crippen molar-refractivity contribution in [2.75, 3.05) is 6.61 Å². The Bertz CT molecular complexity index is 705. The van der Waals surface area contributed by atoms with E-state index < -0.39 is 17.3 Å². The molecule has 6 heteroatoms. The number of benzene rings is 1. The number of hydrogen-bond donors (Lipinski definition) is 1. The normalized spacial score (nSPS) is 19.2. The third kappa shape index (κ3) is 6.40. The summed E-state index contributed by atoms with van der Waals surface area (Å²) in [6.07, 6.45) is 3.29. The molecule has 148 valence electrons. The van der Waals surface area contributed by atoms with Crippen molar-refractivity contribution >= 4 is 12.1 Å². The molecule has 0 radical (unpaired) electrons. The predicted octanol–water partition coefficient (Wildman–Crippen LogP) is 3.53. The van der Waals surface area contributed by atoms with Crippen LogP contribution in [0, 0.1) is 0 Å². The molecular weight excluding hydrogens is 346 g/mol. The molecule has 1 heterocycles. The highest BCUT2D eigenvalue weighted by atomic mass is 16.6. The predicted molar refractivity (Wildman–Crippen MR) is 102 cm³/mol. The van der Waals surface area contributed by atoms with Crippen LogP contribution in [0.2, 0.25) is 0 Å². The number of nitrogens with one attached hydrogen (secondary N) is 1. The highest BCUT2D eigenvalue weighted by Gasteiger charge is 2.41. The van der Waals surface area contributed by atoms with Gasteiger partial charge in [0.25, 0.3) is 0 Å². The number of amides is 1. The lowest BCUT2D eigenvalue weighted by molar-refractivity contribution is -0.167. The van der Waals surface area contributed by atoms with Crippen molar-refractivity contribution < 1.29 is 23.8 Å². The van der Waals surface area contributed by atoms with Gasteiger partial charge in [-0.15, -0.1) is 0 Å². The van der Waals surface area contributed by atoms with Crippen molar-refractivity contribution in [3.8, 4) is 0 Å². The van der Waals surface area contributed by atoms with Gasteiger partial charge in [-0.2, -0.15) is 0 Å². The summed E-state index contributed by atoms with van der Waals surface area (Å²) >= 11 is 0. The van der Waals surface area contributed by atoms with Gasteiger partial charge in [-0.1, -0.05) is 30.3 Å². The molecular formula is C21H29NO5. The SMILES string of the molecule is CC(C)OC(=O)C1(Cc2cccc(CNC(=O)OC(C)(C)C)c2)C=CCO1. The highest BCUT2D eigenvalue weighted by molar-refractivity contribution is 5.83. The zero-order valence-corrected chi connectivity index (χ0v) is 16.7. The molecule has 0 aromatic heterocycles. The maximum absolute atomic E-state index is 12.5. The van der Waals surface area contributed by atoms with Gasteiger partial charge in [-0.25, -0.2) is 9.59 Å². The summed E-state index contributed by atoms with van der Waals surface area (Å²) in [7, 11) is 0. The van der Waals surface area contributed by atoms with Crippen LogP contribution in [-0.2, 0) is 32.0 Å². The quantitative estimate of drug-likeness (QED) is 0.608. The van der Waals surface area contributed by atoms with E-state index in [1.807, 2.05) is 65.0 Å². The first-order chi connectivity index (χ1) is 12.6. The molecule has 0 fully saturated rings. The molecule has 1 aromatic carbocycles. The van der Waals surface area contributed by atoms with Crippen LogP contribution in [0.5, 0.6) is 0 Å². The fourth-order valence-corrected chi connectivity index (χ4v) is 2.75. The summed E-state index contributed by atoms with van der Waals surface area (Å²) in [5, 5.41) is 2.74. The van der Waals surface area contributed by atoms with Crippen molar-refractivity contribution in [1.82, 2.24) is 5.32 Å². The van der Waals surface area contributed by atoms with Crippen LogP contribution < -0.4 is 5.32 Å². The van der Waals surface area contributed by atoms with Gasteiger partial charge >= 0.3 is 12.1 Å². The van der Waals surface area contributed by atoms with Crippen LogP contribution >= 0.6 is 0 Å². The van der Waals surface area contributed by atoms with Gasteiger partial charge in [0.15, 0.2) is 5.60 Å². The lowest BCUT2D eigenvalue weighted by atomic mass is 9.93. The standard InChI is InChI=1S/C21H29NO5/c1-15(2)26-18(23)21(10-7-11-25-21)13-16-8-6-9-17(12-16)14-22-19(24)27-20(3,4)5/h6-10,12,15H,11,13-14H2,1-5H3,(H,22,24). The Morgan fingerprint density at radius 3 is 2.56 bits per heavy atom. The largest absolute Gasteiger partial charge is 0.461 e. The van der Waals surface area contributed by atoms with Crippen LogP contribution in [0.3, 0.4) is 0 Å². The molecule has 1 amide bonds. The zero-order valence-electron chi connectivity index (χ0n) is 16.7. The molecule has 1 N–H and O–H groups in total. The minimum absolute atomic E-state index is 0.212. The molecule has 1 aromatic rings. The number of ether oxygens (including phenoxy) is 3. The molecule has 1 aliphatic heterocycles. The molecule has 0 spiro atoms. The van der Waals surface area contributed by atoms with Gasteiger partial charge in [0.1, 0.15) is 5.60 Å². The second-order valence-electron chi connectivity index (χ2n) is 7.91. The molecule has 6 nitrogen and oxygen atoms in total. The summed E-state index contributed by atoms with van der Waals surface area (Å²) in [5.74, 6) is -0.386. The average molecular weight is 375 g/mol. The average Bonchev–Trinajstić information content (AvgIpc) is 3.01. The Balaban J connectivity index is 2.04. The third-order valence-corrected chi connectivity index (χ3v) is 3.81. The monoisotopic (exact) mass is 375 g/mol. The smallest absolute Gasteiger partial charge is 0.407 e. The van der Waals surface area contributed by atoms with Gasteiger partial charge in [-0.05, 0) is 51.8 Å². The van der Waals surface area contributed by atoms with E-state index in [0.29, 0.717) is 19.6 Å². The number of esters is 1. The van der Waals surface area contributed by atoms with Crippen LogP contribution in [-0.4, -0.2) is 36.0 Å². The van der Waals surface area contributed by atoms with Crippen molar-refractivity contribution in [2.24, 2.45) is 0 Å². The summed E-state index contributed by atoms with van der Waals surface area (Å²) in [6.45, 7) is 9.80. The lowest BCUT2D eigenvalue weighted by Gasteiger charge is -2.26. The van der Waals surface area contributed by atoms with Crippen LogP contribution in [0.25, 0.3) is 0 Å². The summed E-state index contributed by atoms with van der Waals surface area (Å²) in [6, 6.07) is 7.67. The van der Waals surface area contributed by atoms with Crippen molar-refractivity contribution in [1.29, 1.82) is 0 Å². The molecule has 0 saturated carbocycles. The number of alkyl carbamates (subject to hydrolysis) is 1. The molecule has 27 heavy (non-hydrogen) atoms. The van der Waals surface area contributed by atoms with E-state index in [4.69, 9.17) is 14.2 Å². The number of carbonyl (C=O) groups excluding carboxylic acids is 2. The molecule has 1 unspecified atom stereocenters. The van der Waals surface area contributed by atoms with Gasteiger partial charge in [-0.3, -0.25) is 0 Å². The Hall–Kier alpha value is -2.34. The minimum Gasteiger partial charge on any atom is -0.461 e. The van der Waals surface area contributed by atoms with Crippen LogP contribution in [0.4, 0.5) is 4.79 Å². The topological polar surface area (TPSA) is 73.9 Å². The number of hydrogen-bond acceptors (Lipinski definition) is 5. The first kappa shape index (κ1) is 21.0. The molecule has 0 aliphatic carbocycles. The second-order valence-corrected chi connectivity index (χ2v) is 7.91. The molecule has 2 rings (SSSR count). The lowest BCUT2D eigenvalue weighted by Crippen LogP contribution is -2.42. The minimum atomic E-state index is -1.10. The van der Waals surface area contributed by atoms with Gasteiger partial charge < -0.3 is 19.5 Å². The Morgan fingerprint density at radius 1 is 1.26 bits per heavy atom. The van der Waals surface area contributed by atoms with E-state index in [1.54, 1.807) is 6.08 Å². The fraction of sp³-hybridized carbons (Fsp3) is 0.524. The first-order valence-electron chi connectivity index (χ1n) is 9.17. The highest BCUT2D eigenvalue weighted by Crippen LogP contribution is 2.27. The molecule has 0 bridgehead atoms. The maximum atomic E-state index is 12.5. The van der Waals surface area contributed by atoms with E-state index in [1.165, 1.54) is 0 Å². The zero-order chi connectivity index (χ0) is 20.1. The Labute approximate surface area is 160 Å². The van der Waals surface area contributed by atoms with Gasteiger partial charge in [0.05, 0.1) is 12.7 Å². The van der Waals surface area contributed by atoms with E-state index in [2.05, 4.69) is 5.32 Å². The van der Waals surface area contributed by atoms with E-state index in [9.17, 15) is 9.59 Å². The number of carbonyl (C=O) groups is 2. The summed E-state index contributed by atoms with van der Waals surface area (Å²) in [5.41, 5.74) is 0.196. The second kappa shape index (κ2) is 8.57. The van der Waals surface area contributed by atoms with Crippen molar-refractivity contribution in [2.45, 2.75) is 64.9 Å². The van der Waals surface area contributed by atoms with Gasteiger partial charge in [0.2, 0.25) is 0 Å². The van der Waals surface area contributed by atoms with Crippen molar-refractivity contribution in [3.63, 3.8) is 0 Å². The summed E-state index contributed by atoms with van der Waals surface area (Å²) in [4.78, 5) is 24.4. The van der Waals surface area contributed by atoms with Crippen LogP contribution in [0.1, 0.15) is 45.7 Å². The van der Waals surface area contributed by atoms with Gasteiger partial charge in [0, 0.05) is 13.0 Å². The van der Waals surface area contributed by atoms with E-state index in [-0.39, 0.29) is 12.1 Å². The fourth-order valence-electron chi connectivity index (χ4n) is 2.75. The summed E-state index contributed by atoms with van der Waals surface area (Å²) < 4.78 is 16.3. The Morgan fingerprint density at radius 2 is 1.96 bits per heavy atom. The first-order valence-corrected chi connectivity index (χ1v) is 9.17. The Kier molecular flexibility index (Phi) is 6.65. The molecule has 1 aliphatic rings. The van der Waals surface area contributed by atoms with E-state index in [0.717, 1.165) is 11.1 Å². The van der Waals surface area contributed by atoms with E-state index >= 15 is 0 Å². The third-order valence-electron chi connectivity index (χ3n) is 3.81. The van der Waals surface area contributed by atoms with Crippen LogP contribution in [0.15, 0.2) is 36.4 Å². The molecule has 1 atom stereocenters. The number of rotatable bonds is 6.